The third kappa shape index (κ3) is 6.07. The van der Waals surface area contributed by atoms with Crippen molar-refractivity contribution in [1.82, 2.24) is 0 Å². The average Bonchev–Trinajstić information content (AvgIpc) is 2.45. The van der Waals surface area contributed by atoms with E-state index in [0.29, 0.717) is 10.4 Å². The van der Waals surface area contributed by atoms with E-state index in [1.165, 1.54) is 0 Å². The molecule has 1 unspecified atom stereocenters. The fourth-order valence-electron chi connectivity index (χ4n) is 2.13. The second kappa shape index (κ2) is 10.7. The molecule has 0 aliphatic heterocycles. The minimum Gasteiger partial charge on any atom is -0.548 e. The van der Waals surface area contributed by atoms with Crippen LogP contribution in [0.5, 0.6) is 0 Å². The second-order valence-corrected chi connectivity index (χ2v) is 5.53. The van der Waals surface area contributed by atoms with Gasteiger partial charge in [-0.15, -0.1) is 0 Å². The molecule has 24 heavy (non-hydrogen) atoms. The number of carboxylic acid groups (broad SMARTS) is 1. The van der Waals surface area contributed by atoms with E-state index >= 15 is 0 Å². The molecule has 1 atom stereocenters. The predicted molar refractivity (Wildman–Crippen MR) is 92.3 cm³/mol. The molecule has 6 N–H and O–H groups in total. The van der Waals surface area contributed by atoms with E-state index in [2.05, 4.69) is 0 Å². The smallest absolute Gasteiger partial charge is 0.548 e. The van der Waals surface area contributed by atoms with Gasteiger partial charge in [0.15, 0.2) is 0 Å². The zero-order valence-corrected chi connectivity index (χ0v) is 16.7. The number of benzene rings is 2. The molecule has 2 aromatic rings. The molecule has 0 radical (unpaired) electrons. The van der Waals surface area contributed by atoms with Crippen molar-refractivity contribution in [1.29, 1.82) is 0 Å². The Labute approximate surface area is 168 Å². The zero-order valence-electron chi connectivity index (χ0n) is 13.9. The fourth-order valence-corrected chi connectivity index (χ4v) is 2.39. The molecular weight excluding hydrogens is 337 g/mol. The van der Waals surface area contributed by atoms with Crippen LogP contribution in [0.4, 0.5) is 0 Å². The summed E-state index contributed by atoms with van der Waals surface area (Å²) in [6, 6.07) is 12.1. The predicted octanol–water partition coefficient (Wildman–Crippen LogP) is -2.83. The van der Waals surface area contributed by atoms with Crippen LogP contribution in [0.2, 0.25) is 0 Å². The Hall–Kier alpha value is -1.12. The van der Waals surface area contributed by atoms with Gasteiger partial charge in [-0.2, -0.15) is 0 Å². The summed E-state index contributed by atoms with van der Waals surface area (Å²) in [6.45, 7) is 3.89. The molecule has 0 aliphatic rings. The topological polar surface area (TPSA) is 129 Å². The number of aliphatic carboxylic acids is 1. The SMILES string of the molecule is Cc1ccc(C(=S)c2cc(C)cc(C(N)C(=O)[O-])c2)cc1.O.O.[Na+]. The van der Waals surface area contributed by atoms with Gasteiger partial charge in [0.1, 0.15) is 0 Å². The zero-order chi connectivity index (χ0) is 15.6. The summed E-state index contributed by atoms with van der Waals surface area (Å²) in [5, 5.41) is 10.9. The molecule has 0 saturated carbocycles. The van der Waals surface area contributed by atoms with Crippen LogP contribution >= 0.6 is 12.2 Å². The molecule has 7 heteroatoms. The van der Waals surface area contributed by atoms with Crippen molar-refractivity contribution in [3.05, 3.63) is 70.3 Å². The van der Waals surface area contributed by atoms with Crippen LogP contribution in [0.15, 0.2) is 42.5 Å². The van der Waals surface area contributed by atoms with E-state index in [-0.39, 0.29) is 40.5 Å². The first kappa shape index (κ1) is 25.1. The number of aryl methyl sites for hydroxylation is 2. The number of hydrogen-bond acceptors (Lipinski definition) is 4. The standard InChI is InChI=1S/C17H17NO2S.Na.2H2O/c1-10-3-5-12(6-4-10)16(21)14-8-11(2)7-13(9-14)15(18)17(19)20;;;/h3-9,15H,18H2,1-2H3,(H,19,20);;2*1H2/q;+1;;/p-1. The normalized spacial score (nSPS) is 10.5. The summed E-state index contributed by atoms with van der Waals surface area (Å²) >= 11 is 5.50. The Balaban J connectivity index is 0. The Morgan fingerprint density at radius 3 is 2.04 bits per heavy atom. The fraction of sp³-hybridized carbons (Fsp3) is 0.176. The molecule has 5 nitrogen and oxygen atoms in total. The van der Waals surface area contributed by atoms with Crippen molar-refractivity contribution >= 4 is 23.1 Å². The summed E-state index contributed by atoms with van der Waals surface area (Å²) in [7, 11) is 0. The third-order valence-corrected chi connectivity index (χ3v) is 3.76. The van der Waals surface area contributed by atoms with Crippen molar-refractivity contribution < 1.29 is 50.4 Å². The summed E-state index contributed by atoms with van der Waals surface area (Å²) in [5.41, 5.74) is 9.91. The number of nitrogens with two attached hydrogens (primary N) is 1. The van der Waals surface area contributed by atoms with Gasteiger partial charge in [-0.25, -0.2) is 0 Å². The number of thiocarbonyl (C=S) groups is 1. The maximum absolute atomic E-state index is 10.9. The summed E-state index contributed by atoms with van der Waals surface area (Å²) < 4.78 is 0. The number of rotatable bonds is 4. The molecule has 2 aromatic carbocycles. The van der Waals surface area contributed by atoms with E-state index in [1.54, 1.807) is 12.1 Å². The van der Waals surface area contributed by atoms with Crippen molar-refractivity contribution in [2.45, 2.75) is 19.9 Å². The van der Waals surface area contributed by atoms with Gasteiger partial charge < -0.3 is 26.6 Å². The number of carboxylic acids is 1. The summed E-state index contributed by atoms with van der Waals surface area (Å²) in [5.74, 6) is -1.30. The minimum absolute atomic E-state index is 0. The van der Waals surface area contributed by atoms with E-state index < -0.39 is 12.0 Å². The van der Waals surface area contributed by atoms with Gasteiger partial charge >= 0.3 is 29.6 Å². The molecule has 0 bridgehead atoms. The van der Waals surface area contributed by atoms with Gasteiger partial charge in [0, 0.05) is 0 Å². The van der Waals surface area contributed by atoms with E-state index in [0.717, 1.165) is 22.3 Å². The van der Waals surface area contributed by atoms with E-state index in [1.807, 2.05) is 44.2 Å². The van der Waals surface area contributed by atoms with Gasteiger partial charge in [0.2, 0.25) is 0 Å². The van der Waals surface area contributed by atoms with Gasteiger partial charge in [-0.3, -0.25) is 0 Å². The van der Waals surface area contributed by atoms with Crippen LogP contribution in [0.1, 0.15) is 33.9 Å². The molecule has 124 valence electrons. The van der Waals surface area contributed by atoms with Crippen LogP contribution in [-0.4, -0.2) is 21.8 Å². The Morgan fingerprint density at radius 1 is 1.00 bits per heavy atom. The van der Waals surface area contributed by atoms with Gasteiger partial charge in [0.25, 0.3) is 0 Å². The molecule has 0 aliphatic carbocycles. The molecule has 0 saturated heterocycles. The maximum Gasteiger partial charge on any atom is 1.00 e. The number of carbonyl (C=O) groups is 1. The van der Waals surface area contributed by atoms with Crippen molar-refractivity contribution in [3.63, 3.8) is 0 Å². The summed E-state index contributed by atoms with van der Waals surface area (Å²) in [4.78, 5) is 11.6. The number of hydrogen-bond donors (Lipinski definition) is 1. The summed E-state index contributed by atoms with van der Waals surface area (Å²) in [6.07, 6.45) is 0. The van der Waals surface area contributed by atoms with Crippen LogP contribution in [0.3, 0.4) is 0 Å². The van der Waals surface area contributed by atoms with Crippen molar-refractivity contribution in [2.75, 3.05) is 0 Å². The molecule has 0 amide bonds. The average molecular weight is 357 g/mol. The van der Waals surface area contributed by atoms with Crippen LogP contribution in [-0.2, 0) is 4.79 Å². The minimum atomic E-state index is -1.30. The Kier molecular flexibility index (Phi) is 11.2. The first-order chi connectivity index (χ1) is 9.88. The van der Waals surface area contributed by atoms with Gasteiger partial charge in [-0.05, 0) is 36.6 Å². The van der Waals surface area contributed by atoms with Crippen LogP contribution in [0, 0.1) is 13.8 Å². The molecule has 0 fully saturated rings. The maximum atomic E-state index is 10.9. The first-order valence-electron chi connectivity index (χ1n) is 6.58. The first-order valence-corrected chi connectivity index (χ1v) is 6.98. The van der Waals surface area contributed by atoms with Crippen molar-refractivity contribution in [2.24, 2.45) is 5.73 Å². The van der Waals surface area contributed by atoms with Crippen LogP contribution in [0.25, 0.3) is 0 Å². The van der Waals surface area contributed by atoms with Crippen molar-refractivity contribution in [3.8, 4) is 0 Å². The third-order valence-electron chi connectivity index (χ3n) is 3.29. The monoisotopic (exact) mass is 357 g/mol. The largest absolute Gasteiger partial charge is 1.00 e. The van der Waals surface area contributed by atoms with Gasteiger partial charge in [0.05, 0.1) is 16.9 Å². The number of carbonyl (C=O) groups excluding carboxylic acids is 1. The van der Waals surface area contributed by atoms with Crippen LogP contribution < -0.4 is 40.4 Å². The van der Waals surface area contributed by atoms with E-state index in [9.17, 15) is 9.90 Å². The Bertz CT molecular complexity index is 704. The molecule has 0 aromatic heterocycles. The quantitative estimate of drug-likeness (QED) is 0.359. The van der Waals surface area contributed by atoms with E-state index in [4.69, 9.17) is 18.0 Å². The molecular formula is C17H20NNaO4S. The Morgan fingerprint density at radius 2 is 1.54 bits per heavy atom. The second-order valence-electron chi connectivity index (χ2n) is 5.12. The molecule has 0 heterocycles. The molecule has 2 rings (SSSR count). The molecule has 0 spiro atoms. The van der Waals surface area contributed by atoms with Gasteiger partial charge in [-0.1, -0.05) is 59.7 Å².